The topological polar surface area (TPSA) is 64.9 Å². The van der Waals surface area contributed by atoms with Crippen LogP contribution in [-0.4, -0.2) is 12.5 Å². The third-order valence-electron chi connectivity index (χ3n) is 3.46. The maximum absolute atomic E-state index is 12.0. The molecular formula is C18H18ClN3O. The maximum Gasteiger partial charge on any atom is 0.238 e. The summed E-state index contributed by atoms with van der Waals surface area (Å²) in [5.41, 5.74) is 2.60. The van der Waals surface area contributed by atoms with Gasteiger partial charge in [-0.2, -0.15) is 5.26 Å². The van der Waals surface area contributed by atoms with E-state index in [4.69, 9.17) is 16.9 Å². The molecule has 0 saturated heterocycles. The molecule has 1 amide bonds. The fourth-order valence-corrected chi connectivity index (χ4v) is 2.48. The van der Waals surface area contributed by atoms with Gasteiger partial charge in [0.15, 0.2) is 0 Å². The van der Waals surface area contributed by atoms with E-state index in [9.17, 15) is 4.79 Å². The van der Waals surface area contributed by atoms with Gasteiger partial charge in [-0.3, -0.25) is 4.79 Å². The van der Waals surface area contributed by atoms with Gasteiger partial charge in [-0.05, 0) is 36.2 Å². The Morgan fingerprint density at radius 1 is 1.22 bits per heavy atom. The summed E-state index contributed by atoms with van der Waals surface area (Å²) in [7, 11) is 0. The number of halogens is 1. The third kappa shape index (κ3) is 5.10. The van der Waals surface area contributed by atoms with E-state index in [0.717, 1.165) is 11.1 Å². The van der Waals surface area contributed by atoms with Crippen molar-refractivity contribution < 1.29 is 4.79 Å². The number of benzene rings is 2. The van der Waals surface area contributed by atoms with Crippen LogP contribution in [0.3, 0.4) is 0 Å². The van der Waals surface area contributed by atoms with Crippen molar-refractivity contribution in [2.75, 3.05) is 11.9 Å². The SMILES string of the molecule is C[C@H](NCC(=O)Nc1ccc(CC#N)cc1)c1ccccc1Cl. The van der Waals surface area contributed by atoms with Crippen LogP contribution in [0.25, 0.3) is 0 Å². The highest BCUT2D eigenvalue weighted by molar-refractivity contribution is 6.31. The smallest absolute Gasteiger partial charge is 0.238 e. The van der Waals surface area contributed by atoms with Gasteiger partial charge in [0.25, 0.3) is 0 Å². The van der Waals surface area contributed by atoms with Crippen LogP contribution in [0.1, 0.15) is 24.1 Å². The van der Waals surface area contributed by atoms with Crippen LogP contribution in [0.4, 0.5) is 5.69 Å². The first-order chi connectivity index (χ1) is 11.1. The number of amides is 1. The monoisotopic (exact) mass is 327 g/mol. The third-order valence-corrected chi connectivity index (χ3v) is 3.81. The fourth-order valence-electron chi connectivity index (χ4n) is 2.18. The second-order valence-corrected chi connectivity index (χ2v) is 5.61. The Labute approximate surface area is 141 Å². The lowest BCUT2D eigenvalue weighted by Crippen LogP contribution is -2.30. The van der Waals surface area contributed by atoms with Crippen molar-refractivity contribution in [3.8, 4) is 6.07 Å². The zero-order valence-corrected chi connectivity index (χ0v) is 13.6. The average molecular weight is 328 g/mol. The molecule has 2 rings (SSSR count). The molecule has 0 aliphatic rings. The van der Waals surface area contributed by atoms with Gasteiger partial charge >= 0.3 is 0 Å². The number of nitrogens with one attached hydrogen (secondary N) is 2. The molecular weight excluding hydrogens is 310 g/mol. The molecule has 0 bridgehead atoms. The maximum atomic E-state index is 12.0. The predicted molar refractivity (Wildman–Crippen MR) is 92.3 cm³/mol. The second-order valence-electron chi connectivity index (χ2n) is 5.20. The van der Waals surface area contributed by atoms with Crippen molar-refractivity contribution in [2.45, 2.75) is 19.4 Å². The number of hydrogen-bond acceptors (Lipinski definition) is 3. The van der Waals surface area contributed by atoms with Crippen LogP contribution in [0.15, 0.2) is 48.5 Å². The van der Waals surface area contributed by atoms with Gasteiger partial charge < -0.3 is 10.6 Å². The van der Waals surface area contributed by atoms with E-state index in [1.54, 1.807) is 12.1 Å². The highest BCUT2D eigenvalue weighted by Crippen LogP contribution is 2.21. The summed E-state index contributed by atoms with van der Waals surface area (Å²) in [4.78, 5) is 12.0. The zero-order chi connectivity index (χ0) is 16.7. The van der Waals surface area contributed by atoms with Crippen molar-refractivity contribution in [1.29, 1.82) is 5.26 Å². The molecule has 0 fully saturated rings. The van der Waals surface area contributed by atoms with Crippen LogP contribution in [0.5, 0.6) is 0 Å². The molecule has 1 atom stereocenters. The number of carbonyl (C=O) groups is 1. The van der Waals surface area contributed by atoms with E-state index in [1.165, 1.54) is 0 Å². The lowest BCUT2D eigenvalue weighted by molar-refractivity contribution is -0.115. The Morgan fingerprint density at radius 2 is 1.91 bits per heavy atom. The highest BCUT2D eigenvalue weighted by atomic mass is 35.5. The van der Waals surface area contributed by atoms with E-state index in [0.29, 0.717) is 17.1 Å². The molecule has 0 heterocycles. The minimum atomic E-state index is -0.128. The standard InChI is InChI=1S/C18H18ClN3O/c1-13(16-4-2-3-5-17(16)19)21-12-18(23)22-15-8-6-14(7-9-15)10-11-20/h2-9,13,21H,10,12H2,1H3,(H,22,23)/t13-/m0/s1. The molecule has 2 aromatic carbocycles. The summed E-state index contributed by atoms with van der Waals surface area (Å²) in [5, 5.41) is 15.3. The number of nitriles is 1. The molecule has 23 heavy (non-hydrogen) atoms. The Hall–Kier alpha value is -2.35. The van der Waals surface area contributed by atoms with Gasteiger partial charge in [0.1, 0.15) is 0 Å². The Balaban J connectivity index is 1.85. The first-order valence-electron chi connectivity index (χ1n) is 7.33. The molecule has 0 spiro atoms. The largest absolute Gasteiger partial charge is 0.325 e. The first kappa shape index (κ1) is 17.0. The van der Waals surface area contributed by atoms with Crippen LogP contribution in [0.2, 0.25) is 5.02 Å². The summed E-state index contributed by atoms with van der Waals surface area (Å²) in [6.07, 6.45) is 0.366. The number of anilines is 1. The molecule has 4 nitrogen and oxygen atoms in total. The fraction of sp³-hybridized carbons (Fsp3) is 0.222. The van der Waals surface area contributed by atoms with Crippen molar-refractivity contribution in [2.24, 2.45) is 0 Å². The second kappa shape index (κ2) is 8.33. The average Bonchev–Trinajstić information content (AvgIpc) is 2.55. The normalized spacial score (nSPS) is 11.5. The summed E-state index contributed by atoms with van der Waals surface area (Å²) in [6, 6.07) is 16.9. The molecule has 2 N–H and O–H groups in total. The van der Waals surface area contributed by atoms with E-state index in [-0.39, 0.29) is 18.5 Å². The highest BCUT2D eigenvalue weighted by Gasteiger charge is 2.10. The van der Waals surface area contributed by atoms with Gasteiger partial charge in [-0.15, -0.1) is 0 Å². The molecule has 0 radical (unpaired) electrons. The van der Waals surface area contributed by atoms with Gasteiger partial charge in [0.05, 0.1) is 19.0 Å². The molecule has 0 saturated carbocycles. The number of rotatable bonds is 6. The zero-order valence-electron chi connectivity index (χ0n) is 12.8. The van der Waals surface area contributed by atoms with Gasteiger partial charge in [-0.25, -0.2) is 0 Å². The van der Waals surface area contributed by atoms with Crippen molar-refractivity contribution >= 4 is 23.2 Å². The van der Waals surface area contributed by atoms with Crippen molar-refractivity contribution in [1.82, 2.24) is 5.32 Å². The molecule has 5 heteroatoms. The molecule has 118 valence electrons. The summed E-state index contributed by atoms with van der Waals surface area (Å²) >= 11 is 6.14. The Morgan fingerprint density at radius 3 is 2.57 bits per heavy atom. The van der Waals surface area contributed by atoms with E-state index >= 15 is 0 Å². The van der Waals surface area contributed by atoms with E-state index < -0.39 is 0 Å². The number of hydrogen-bond donors (Lipinski definition) is 2. The van der Waals surface area contributed by atoms with Crippen molar-refractivity contribution in [3.63, 3.8) is 0 Å². The number of carbonyl (C=O) groups excluding carboxylic acids is 1. The van der Waals surface area contributed by atoms with Crippen LogP contribution >= 0.6 is 11.6 Å². The van der Waals surface area contributed by atoms with E-state index in [1.807, 2.05) is 43.3 Å². The lowest BCUT2D eigenvalue weighted by Gasteiger charge is -2.15. The quantitative estimate of drug-likeness (QED) is 0.850. The number of nitrogens with zero attached hydrogens (tertiary/aromatic N) is 1. The molecule has 0 aromatic heterocycles. The lowest BCUT2D eigenvalue weighted by atomic mass is 10.1. The van der Waals surface area contributed by atoms with E-state index in [2.05, 4.69) is 16.7 Å². The van der Waals surface area contributed by atoms with Crippen LogP contribution in [-0.2, 0) is 11.2 Å². The van der Waals surface area contributed by atoms with Crippen LogP contribution < -0.4 is 10.6 Å². The molecule has 0 unspecified atom stereocenters. The van der Waals surface area contributed by atoms with Crippen LogP contribution in [0, 0.1) is 11.3 Å². The molecule has 0 aliphatic heterocycles. The molecule has 0 aliphatic carbocycles. The van der Waals surface area contributed by atoms with Gasteiger partial charge in [-0.1, -0.05) is 41.9 Å². The minimum absolute atomic E-state index is 0.0209. The van der Waals surface area contributed by atoms with Gasteiger partial charge in [0, 0.05) is 16.8 Å². The van der Waals surface area contributed by atoms with Crippen molar-refractivity contribution in [3.05, 3.63) is 64.7 Å². The summed E-state index contributed by atoms with van der Waals surface area (Å²) in [6.45, 7) is 2.15. The predicted octanol–water partition coefficient (Wildman–Crippen LogP) is 3.70. The summed E-state index contributed by atoms with van der Waals surface area (Å²) < 4.78 is 0. The Bertz CT molecular complexity index is 707. The molecule has 2 aromatic rings. The summed E-state index contributed by atoms with van der Waals surface area (Å²) in [5.74, 6) is -0.128. The van der Waals surface area contributed by atoms with Gasteiger partial charge in [0.2, 0.25) is 5.91 Å². The first-order valence-corrected chi connectivity index (χ1v) is 7.71. The minimum Gasteiger partial charge on any atom is -0.325 e. The Kier molecular flexibility index (Phi) is 6.16.